The Kier molecular flexibility index (Phi) is 1.84. The molecule has 80 valence electrons. The summed E-state index contributed by atoms with van der Waals surface area (Å²) in [5.41, 5.74) is 6.80. The lowest BCUT2D eigenvalue weighted by atomic mass is 10.3. The van der Waals surface area contributed by atoms with Gasteiger partial charge in [-0.05, 0) is 6.07 Å². The van der Waals surface area contributed by atoms with Gasteiger partial charge in [0.05, 0.1) is 16.6 Å². The fourth-order valence-electron chi connectivity index (χ4n) is 1.57. The van der Waals surface area contributed by atoms with Crippen LogP contribution in [0.1, 0.15) is 10.4 Å². The molecular weight excluding hydrogens is 224 g/mol. The van der Waals surface area contributed by atoms with Crippen molar-refractivity contribution in [3.63, 3.8) is 0 Å². The number of hydrogen-bond acceptors (Lipinski definition) is 3. The number of fused-ring (bicyclic) bond motifs is 1. The number of H-pyrrole nitrogens is 1. The topological polar surface area (TPSA) is 76.2 Å². The molecule has 0 radical (unpaired) electrons. The Morgan fingerprint density at radius 2 is 2.44 bits per heavy atom. The lowest BCUT2D eigenvalue weighted by molar-refractivity contribution is 0.100. The highest BCUT2D eigenvalue weighted by atomic mass is 32.1. The number of thiazole rings is 1. The molecule has 0 spiro atoms. The second-order valence-electron chi connectivity index (χ2n) is 3.37. The Morgan fingerprint density at radius 1 is 1.56 bits per heavy atom. The number of nitrogens with one attached hydrogen (secondary N) is 1. The lowest BCUT2D eigenvalue weighted by Crippen LogP contribution is -2.09. The van der Waals surface area contributed by atoms with Gasteiger partial charge in [0.15, 0.2) is 0 Å². The quantitative estimate of drug-likeness (QED) is 0.702. The van der Waals surface area contributed by atoms with Crippen molar-refractivity contribution < 1.29 is 4.79 Å². The van der Waals surface area contributed by atoms with Gasteiger partial charge in [-0.3, -0.25) is 4.79 Å². The zero-order chi connectivity index (χ0) is 11.1. The van der Waals surface area contributed by atoms with E-state index < -0.39 is 5.91 Å². The van der Waals surface area contributed by atoms with Crippen LogP contribution in [0.4, 0.5) is 0 Å². The molecule has 0 unspecified atom stereocenters. The highest BCUT2D eigenvalue weighted by Gasteiger charge is 2.13. The minimum Gasteiger partial charge on any atom is -0.367 e. The zero-order valence-electron chi connectivity index (χ0n) is 8.18. The van der Waals surface area contributed by atoms with Crippen LogP contribution in [0.25, 0.3) is 15.3 Å². The van der Waals surface area contributed by atoms with Crippen molar-refractivity contribution in [2.75, 3.05) is 0 Å². The SMILES string of the molecule is NC(=O)c1cnn2cc(-c3cc[nH]c3)sc12. The minimum absolute atomic E-state index is 0.447. The maximum atomic E-state index is 11.1. The molecule has 5 nitrogen and oxygen atoms in total. The highest BCUT2D eigenvalue weighted by molar-refractivity contribution is 7.21. The summed E-state index contributed by atoms with van der Waals surface area (Å²) < 4.78 is 1.67. The summed E-state index contributed by atoms with van der Waals surface area (Å²) in [6.07, 6.45) is 7.13. The molecule has 0 atom stereocenters. The van der Waals surface area contributed by atoms with Crippen molar-refractivity contribution >= 4 is 22.1 Å². The molecule has 3 aromatic rings. The Bertz CT molecular complexity index is 650. The molecule has 1 amide bonds. The first kappa shape index (κ1) is 9.17. The van der Waals surface area contributed by atoms with Crippen LogP contribution < -0.4 is 5.73 Å². The number of aromatic nitrogens is 3. The highest BCUT2D eigenvalue weighted by Crippen LogP contribution is 2.29. The second kappa shape index (κ2) is 3.21. The second-order valence-corrected chi connectivity index (χ2v) is 4.40. The average molecular weight is 232 g/mol. The molecular formula is C10H8N4OS. The number of carbonyl (C=O) groups excluding carboxylic acids is 1. The number of nitrogens with zero attached hydrogens (tertiary/aromatic N) is 2. The maximum absolute atomic E-state index is 11.1. The molecule has 0 aliphatic carbocycles. The molecule has 0 aliphatic rings. The van der Waals surface area contributed by atoms with Crippen LogP contribution in [0.5, 0.6) is 0 Å². The summed E-state index contributed by atoms with van der Waals surface area (Å²) in [5, 5.41) is 4.09. The van der Waals surface area contributed by atoms with Crippen molar-refractivity contribution in [2.45, 2.75) is 0 Å². The minimum atomic E-state index is -0.447. The Hall–Kier alpha value is -2.08. The van der Waals surface area contributed by atoms with Gasteiger partial charge in [0.1, 0.15) is 4.83 Å². The van der Waals surface area contributed by atoms with E-state index >= 15 is 0 Å². The van der Waals surface area contributed by atoms with Crippen molar-refractivity contribution in [1.29, 1.82) is 0 Å². The number of nitrogens with two attached hydrogens (primary N) is 1. The first-order valence-electron chi connectivity index (χ1n) is 4.66. The van der Waals surface area contributed by atoms with Gasteiger partial charge in [-0.15, -0.1) is 11.3 Å². The van der Waals surface area contributed by atoms with Crippen LogP contribution >= 0.6 is 11.3 Å². The molecule has 0 saturated carbocycles. The third-order valence-electron chi connectivity index (χ3n) is 2.34. The van der Waals surface area contributed by atoms with Gasteiger partial charge in [-0.25, -0.2) is 4.52 Å². The summed E-state index contributed by atoms with van der Waals surface area (Å²) in [5.74, 6) is -0.447. The summed E-state index contributed by atoms with van der Waals surface area (Å²) in [6.45, 7) is 0. The van der Waals surface area contributed by atoms with Crippen molar-refractivity contribution in [2.24, 2.45) is 5.73 Å². The fraction of sp³-hybridized carbons (Fsp3) is 0. The molecule has 6 heteroatoms. The van der Waals surface area contributed by atoms with Crippen molar-refractivity contribution in [3.8, 4) is 10.4 Å². The fourth-order valence-corrected chi connectivity index (χ4v) is 2.63. The van der Waals surface area contributed by atoms with Crippen molar-refractivity contribution in [1.82, 2.24) is 14.6 Å². The van der Waals surface area contributed by atoms with Crippen LogP contribution in [-0.2, 0) is 0 Å². The first-order chi connectivity index (χ1) is 7.75. The number of aromatic amines is 1. The van der Waals surface area contributed by atoms with E-state index in [1.165, 1.54) is 17.5 Å². The van der Waals surface area contributed by atoms with Crippen LogP contribution in [0, 0.1) is 0 Å². The Labute approximate surface area is 94.5 Å². The number of amides is 1. The van der Waals surface area contributed by atoms with Gasteiger partial charge in [0.25, 0.3) is 5.91 Å². The number of hydrogen-bond donors (Lipinski definition) is 2. The average Bonchev–Trinajstić information content (AvgIpc) is 2.92. The van der Waals surface area contributed by atoms with E-state index in [0.717, 1.165) is 15.3 Å². The van der Waals surface area contributed by atoms with Gasteiger partial charge < -0.3 is 10.7 Å². The van der Waals surface area contributed by atoms with E-state index in [0.29, 0.717) is 5.56 Å². The predicted molar refractivity (Wildman–Crippen MR) is 61.4 cm³/mol. The zero-order valence-corrected chi connectivity index (χ0v) is 8.99. The van der Waals surface area contributed by atoms with Gasteiger partial charge in [-0.1, -0.05) is 0 Å². The third-order valence-corrected chi connectivity index (χ3v) is 3.51. The summed E-state index contributed by atoms with van der Waals surface area (Å²) in [4.78, 5) is 16.0. The molecule has 0 saturated heterocycles. The van der Waals surface area contributed by atoms with Gasteiger partial charge in [-0.2, -0.15) is 5.10 Å². The normalized spacial score (nSPS) is 11.0. The van der Waals surface area contributed by atoms with Crippen molar-refractivity contribution in [3.05, 3.63) is 36.4 Å². The Balaban J connectivity index is 2.20. The third kappa shape index (κ3) is 1.24. The first-order valence-corrected chi connectivity index (χ1v) is 5.47. The van der Waals surface area contributed by atoms with Crippen LogP contribution in [0.3, 0.4) is 0 Å². The summed E-state index contributed by atoms with van der Waals surface area (Å²) in [7, 11) is 0. The van der Waals surface area contributed by atoms with E-state index in [1.807, 2.05) is 24.7 Å². The monoisotopic (exact) mass is 232 g/mol. The van der Waals surface area contributed by atoms with E-state index in [2.05, 4.69) is 10.1 Å². The lowest BCUT2D eigenvalue weighted by Gasteiger charge is -1.87. The van der Waals surface area contributed by atoms with Gasteiger partial charge in [0, 0.05) is 24.2 Å². The number of carbonyl (C=O) groups is 1. The maximum Gasteiger partial charge on any atom is 0.253 e. The summed E-state index contributed by atoms with van der Waals surface area (Å²) >= 11 is 1.50. The molecule has 3 aromatic heterocycles. The number of primary amides is 1. The summed E-state index contributed by atoms with van der Waals surface area (Å²) in [6, 6.07) is 1.97. The van der Waals surface area contributed by atoms with Crippen LogP contribution in [-0.4, -0.2) is 20.5 Å². The largest absolute Gasteiger partial charge is 0.367 e. The van der Waals surface area contributed by atoms with Crippen LogP contribution in [0.15, 0.2) is 30.9 Å². The van der Waals surface area contributed by atoms with E-state index in [-0.39, 0.29) is 0 Å². The molecule has 0 aromatic carbocycles. The molecule has 3 N–H and O–H groups in total. The van der Waals surface area contributed by atoms with Gasteiger partial charge in [0.2, 0.25) is 0 Å². The van der Waals surface area contributed by atoms with E-state index in [9.17, 15) is 4.79 Å². The number of rotatable bonds is 2. The molecule has 0 bridgehead atoms. The van der Waals surface area contributed by atoms with E-state index in [4.69, 9.17) is 5.73 Å². The molecule has 3 rings (SSSR count). The smallest absolute Gasteiger partial charge is 0.253 e. The standard InChI is InChI=1S/C10H8N4OS/c11-9(15)7-4-13-14-5-8(16-10(7)14)6-1-2-12-3-6/h1-5,12H,(H2,11,15). The van der Waals surface area contributed by atoms with Crippen LogP contribution in [0.2, 0.25) is 0 Å². The molecule has 3 heterocycles. The molecule has 0 fully saturated rings. The molecule has 16 heavy (non-hydrogen) atoms. The molecule has 0 aliphatic heterocycles. The van der Waals surface area contributed by atoms with Gasteiger partial charge >= 0.3 is 0 Å². The van der Waals surface area contributed by atoms with E-state index in [1.54, 1.807) is 4.52 Å². The Morgan fingerprint density at radius 3 is 3.12 bits per heavy atom. The predicted octanol–water partition coefficient (Wildman–Crippen LogP) is 1.49.